The van der Waals surface area contributed by atoms with Crippen molar-refractivity contribution in [1.82, 2.24) is 30.7 Å². The number of hydrogen-bond acceptors (Lipinski definition) is 6. The van der Waals surface area contributed by atoms with Gasteiger partial charge in [-0.2, -0.15) is 0 Å². The molecule has 0 heterocycles. The molecule has 3 N–H and O–H groups in total. The highest BCUT2D eigenvalue weighted by Gasteiger charge is 2.40. The van der Waals surface area contributed by atoms with E-state index in [0.717, 1.165) is 0 Å². The maximum atomic E-state index is 12.5. The third-order valence-electron chi connectivity index (χ3n) is 8.70. The Labute approximate surface area is 409 Å². The van der Waals surface area contributed by atoms with Crippen molar-refractivity contribution in [2.24, 2.45) is 31.2 Å². The molecule has 0 aliphatic carbocycles. The van der Waals surface area contributed by atoms with Crippen LogP contribution in [0.4, 0.5) is 0 Å². The fourth-order valence-corrected chi connectivity index (χ4v) is 7.15. The molecule has 12 heteroatoms. The van der Waals surface area contributed by atoms with Crippen molar-refractivity contribution in [3.05, 3.63) is 0 Å². The van der Waals surface area contributed by atoms with E-state index in [2.05, 4.69) is 155 Å². The van der Waals surface area contributed by atoms with E-state index in [1.165, 1.54) is 0 Å². The van der Waals surface area contributed by atoms with E-state index < -0.39 is 16.2 Å². The van der Waals surface area contributed by atoms with Gasteiger partial charge in [0.25, 0.3) is 0 Å². The van der Waals surface area contributed by atoms with Crippen LogP contribution in [0.15, 0.2) is 15.0 Å². The summed E-state index contributed by atoms with van der Waals surface area (Å²) in [7, 11) is 0. The first-order valence-electron chi connectivity index (χ1n) is 24.2. The van der Waals surface area contributed by atoms with E-state index >= 15 is 0 Å². The van der Waals surface area contributed by atoms with E-state index in [-0.39, 0.29) is 67.6 Å². The first-order valence-corrected chi connectivity index (χ1v) is 24.2. The normalized spacial score (nSPS) is 14.8. The van der Waals surface area contributed by atoms with Crippen molar-refractivity contribution in [1.29, 1.82) is 0 Å². The fourth-order valence-electron chi connectivity index (χ4n) is 7.15. The molecule has 0 unspecified atom stereocenters. The maximum absolute atomic E-state index is 12.5. The largest absolute Gasteiger partial charge is 0.333 e. The van der Waals surface area contributed by atoms with Crippen LogP contribution in [0.25, 0.3) is 0 Å². The Morgan fingerprint density at radius 1 is 0.258 bits per heavy atom. The Balaban J connectivity index is -0.000000902. The van der Waals surface area contributed by atoms with E-state index in [4.69, 9.17) is 15.0 Å². The molecule has 0 aliphatic heterocycles. The molecule has 3 amide bonds. The van der Waals surface area contributed by atoms with Gasteiger partial charge in [0.2, 0.25) is 35.6 Å². The van der Waals surface area contributed by atoms with Crippen molar-refractivity contribution in [3.63, 3.8) is 0 Å². The Kier molecular flexibility index (Phi) is 22.4. The van der Waals surface area contributed by atoms with Gasteiger partial charge in [-0.15, -0.1) is 0 Å². The number of aliphatic imine (C=N–C) groups is 3. The minimum absolute atomic E-state index is 0.0194. The lowest BCUT2D eigenvalue weighted by atomic mass is 9.94. The average molecular weight is 935 g/mol. The van der Waals surface area contributed by atoms with Gasteiger partial charge in [-0.25, -0.2) is 15.0 Å². The number of amides is 3. The molecular formula is C54H111N9O3. The Bertz CT molecular complexity index is 1430. The summed E-state index contributed by atoms with van der Waals surface area (Å²) in [5, 5.41) is 9.19. The third kappa shape index (κ3) is 27.0. The molecule has 0 saturated carbocycles. The fraction of sp³-hybridized carbons (Fsp3) is 0.889. The summed E-state index contributed by atoms with van der Waals surface area (Å²) in [6.07, 6.45) is 0. The SMILES string of the molecule is CC(C)(C)N=C(NC(=O)C(C)(C)C)N(C(C)(C)C)C(C)(C)C.CC(C)(C)N=C(NC(=O)C(C)(C)C)N(C(C)(C)C)C(C)(C)C.CC(C)(C)N=C(NC(=O)C(C)(C)C)N(C(C)(C)C)C(C)(C)C. The highest BCUT2D eigenvalue weighted by Crippen LogP contribution is 2.30. The van der Waals surface area contributed by atoms with E-state index in [9.17, 15) is 14.4 Å². The second kappa shape index (κ2) is 22.1. The van der Waals surface area contributed by atoms with Crippen LogP contribution in [-0.4, -0.2) is 100 Å². The minimum atomic E-state index is -0.458. The van der Waals surface area contributed by atoms with Crippen LogP contribution >= 0.6 is 0 Å². The molecule has 0 radical (unpaired) electrons. The maximum Gasteiger partial charge on any atom is 0.232 e. The Hall–Kier alpha value is -3.18. The topological polar surface area (TPSA) is 134 Å². The Morgan fingerprint density at radius 2 is 0.379 bits per heavy atom. The van der Waals surface area contributed by atoms with Crippen LogP contribution in [0.3, 0.4) is 0 Å². The average Bonchev–Trinajstić information content (AvgIpc) is 2.88. The lowest BCUT2D eigenvalue weighted by Gasteiger charge is -2.48. The molecule has 0 aliphatic rings. The van der Waals surface area contributed by atoms with Gasteiger partial charge in [0, 0.05) is 49.5 Å². The van der Waals surface area contributed by atoms with Crippen molar-refractivity contribution in [2.45, 2.75) is 299 Å². The van der Waals surface area contributed by atoms with Gasteiger partial charge in [0.15, 0.2) is 0 Å². The smallest absolute Gasteiger partial charge is 0.232 e. The molecule has 12 nitrogen and oxygen atoms in total. The van der Waals surface area contributed by atoms with Crippen molar-refractivity contribution in [3.8, 4) is 0 Å². The second-order valence-electron chi connectivity index (χ2n) is 30.0. The summed E-state index contributed by atoms with van der Waals surface area (Å²) in [6.45, 7) is 74.1. The summed E-state index contributed by atoms with van der Waals surface area (Å²) < 4.78 is 0. The van der Waals surface area contributed by atoms with E-state index in [1.807, 2.05) is 125 Å². The predicted octanol–water partition coefficient (Wildman–Crippen LogP) is 12.6. The zero-order chi connectivity index (χ0) is 54.4. The van der Waals surface area contributed by atoms with Gasteiger partial charge >= 0.3 is 0 Å². The van der Waals surface area contributed by atoms with Gasteiger partial charge in [-0.05, 0) is 187 Å². The van der Waals surface area contributed by atoms with Gasteiger partial charge in [0.05, 0.1) is 16.6 Å². The van der Waals surface area contributed by atoms with Crippen LogP contribution in [0.5, 0.6) is 0 Å². The predicted molar refractivity (Wildman–Crippen MR) is 288 cm³/mol. The summed E-state index contributed by atoms with van der Waals surface area (Å²) in [5.74, 6) is 1.88. The number of nitrogens with zero attached hydrogens (tertiary/aromatic N) is 6. The minimum Gasteiger partial charge on any atom is -0.333 e. The highest BCUT2D eigenvalue weighted by molar-refractivity contribution is 6.01. The van der Waals surface area contributed by atoms with Crippen LogP contribution < -0.4 is 16.0 Å². The van der Waals surface area contributed by atoms with Gasteiger partial charge in [-0.1, -0.05) is 62.3 Å². The highest BCUT2D eigenvalue weighted by atomic mass is 16.2. The zero-order valence-electron chi connectivity index (χ0n) is 50.4. The molecular weight excluding hydrogens is 823 g/mol. The Morgan fingerprint density at radius 3 is 0.455 bits per heavy atom. The first-order chi connectivity index (χ1) is 28.1. The quantitative estimate of drug-likeness (QED) is 0.164. The van der Waals surface area contributed by atoms with Crippen molar-refractivity contribution in [2.75, 3.05) is 0 Å². The summed E-state index contributed by atoms with van der Waals surface area (Å²) >= 11 is 0. The van der Waals surface area contributed by atoms with Crippen molar-refractivity contribution >= 4 is 35.6 Å². The van der Waals surface area contributed by atoms with Crippen molar-refractivity contribution < 1.29 is 14.4 Å². The van der Waals surface area contributed by atoms with Crippen LogP contribution in [0, 0.1) is 16.2 Å². The van der Waals surface area contributed by atoms with Crippen LogP contribution in [-0.2, 0) is 14.4 Å². The van der Waals surface area contributed by atoms with Gasteiger partial charge < -0.3 is 14.7 Å². The van der Waals surface area contributed by atoms with Crippen LogP contribution in [0.1, 0.15) is 249 Å². The third-order valence-corrected chi connectivity index (χ3v) is 8.70. The lowest BCUT2D eigenvalue weighted by molar-refractivity contribution is -0.128. The molecule has 66 heavy (non-hydrogen) atoms. The summed E-state index contributed by atoms with van der Waals surface area (Å²) in [4.78, 5) is 58.5. The van der Waals surface area contributed by atoms with E-state index in [1.54, 1.807) is 0 Å². The van der Waals surface area contributed by atoms with Crippen LogP contribution in [0.2, 0.25) is 0 Å². The second-order valence-corrected chi connectivity index (χ2v) is 30.0. The summed E-state index contributed by atoms with van der Waals surface area (Å²) in [5.41, 5.74) is -3.14. The molecule has 0 fully saturated rings. The summed E-state index contributed by atoms with van der Waals surface area (Å²) in [6, 6.07) is 0. The molecule has 0 spiro atoms. The lowest BCUT2D eigenvalue weighted by Crippen LogP contribution is -2.61. The monoisotopic (exact) mass is 934 g/mol. The molecule has 0 aromatic rings. The number of guanidine groups is 3. The number of nitrogens with one attached hydrogen (secondary N) is 3. The standard InChI is InChI=1S/3C18H37N3O/c3*1-15(2,3)13(22)19-14(20-16(4,5)6)21(17(7,8)9)18(10,11)12/h3*1-12H3,(H,19,20,22). The molecule has 0 atom stereocenters. The van der Waals surface area contributed by atoms with E-state index in [0.29, 0.717) is 17.9 Å². The van der Waals surface area contributed by atoms with Gasteiger partial charge in [0.1, 0.15) is 0 Å². The molecule has 0 bridgehead atoms. The number of carbonyl (C=O) groups excluding carboxylic acids is 3. The molecule has 0 saturated heterocycles. The molecule has 0 aromatic heterocycles. The molecule has 0 aromatic carbocycles. The molecule has 390 valence electrons. The number of rotatable bonds is 0. The number of hydrogen-bond donors (Lipinski definition) is 3. The number of carbonyl (C=O) groups is 3. The zero-order valence-corrected chi connectivity index (χ0v) is 50.4. The molecule has 0 rings (SSSR count). The van der Waals surface area contributed by atoms with Gasteiger partial charge in [-0.3, -0.25) is 30.3 Å². The first kappa shape index (κ1) is 67.1.